The molecule has 0 atom stereocenters. The lowest BCUT2D eigenvalue weighted by Crippen LogP contribution is -2.27. The van der Waals surface area contributed by atoms with Gasteiger partial charge in [-0.3, -0.25) is 9.59 Å². The molecule has 2 N–H and O–H groups in total. The SMILES string of the molecule is O=C(CSc1ccc(NC(=O)c2ccccc2)nn1)NCCc1ccccc1. The van der Waals surface area contributed by atoms with Crippen LogP contribution in [0.5, 0.6) is 0 Å². The molecular formula is C21H20N4O2S. The number of hydrogen-bond acceptors (Lipinski definition) is 5. The molecule has 0 aliphatic rings. The van der Waals surface area contributed by atoms with E-state index in [-0.39, 0.29) is 17.6 Å². The Morgan fingerprint density at radius 3 is 2.25 bits per heavy atom. The van der Waals surface area contributed by atoms with Crippen LogP contribution in [-0.4, -0.2) is 34.3 Å². The Labute approximate surface area is 167 Å². The largest absolute Gasteiger partial charge is 0.355 e. The van der Waals surface area contributed by atoms with Crippen LogP contribution in [-0.2, 0) is 11.2 Å². The number of carbonyl (C=O) groups is 2. The van der Waals surface area contributed by atoms with Crippen molar-refractivity contribution < 1.29 is 9.59 Å². The fourth-order valence-corrected chi connectivity index (χ4v) is 3.07. The zero-order valence-electron chi connectivity index (χ0n) is 15.2. The summed E-state index contributed by atoms with van der Waals surface area (Å²) in [4.78, 5) is 24.0. The van der Waals surface area contributed by atoms with Gasteiger partial charge in [0.1, 0.15) is 5.03 Å². The predicted octanol–water partition coefficient (Wildman–Crippen LogP) is 3.18. The maximum Gasteiger partial charge on any atom is 0.256 e. The van der Waals surface area contributed by atoms with Gasteiger partial charge >= 0.3 is 0 Å². The summed E-state index contributed by atoms with van der Waals surface area (Å²) in [7, 11) is 0. The molecule has 2 aromatic carbocycles. The standard InChI is InChI=1S/C21H20N4O2S/c26-19(22-14-13-16-7-3-1-4-8-16)15-28-20-12-11-18(24-25-20)23-21(27)17-9-5-2-6-10-17/h1-12H,13-15H2,(H,22,26)(H,23,24,27). The zero-order valence-corrected chi connectivity index (χ0v) is 16.0. The van der Waals surface area contributed by atoms with E-state index in [1.807, 2.05) is 36.4 Å². The third-order valence-electron chi connectivity index (χ3n) is 3.85. The van der Waals surface area contributed by atoms with E-state index in [1.54, 1.807) is 36.4 Å². The van der Waals surface area contributed by atoms with Crippen LogP contribution in [0.3, 0.4) is 0 Å². The number of anilines is 1. The highest BCUT2D eigenvalue weighted by Gasteiger charge is 2.08. The summed E-state index contributed by atoms with van der Waals surface area (Å²) in [6, 6.07) is 22.3. The van der Waals surface area contributed by atoms with Crippen molar-refractivity contribution in [2.24, 2.45) is 0 Å². The van der Waals surface area contributed by atoms with E-state index in [0.717, 1.165) is 6.42 Å². The van der Waals surface area contributed by atoms with Gasteiger partial charge in [0, 0.05) is 12.1 Å². The van der Waals surface area contributed by atoms with Gasteiger partial charge in [-0.15, -0.1) is 10.2 Å². The van der Waals surface area contributed by atoms with E-state index in [4.69, 9.17) is 0 Å². The van der Waals surface area contributed by atoms with Crippen LogP contribution in [0.4, 0.5) is 5.82 Å². The summed E-state index contributed by atoms with van der Waals surface area (Å²) in [5.41, 5.74) is 1.74. The average molecular weight is 392 g/mol. The van der Waals surface area contributed by atoms with E-state index < -0.39 is 0 Å². The monoisotopic (exact) mass is 392 g/mol. The van der Waals surface area contributed by atoms with Crippen molar-refractivity contribution >= 4 is 29.4 Å². The average Bonchev–Trinajstić information content (AvgIpc) is 2.74. The van der Waals surface area contributed by atoms with Gasteiger partial charge in [0.15, 0.2) is 5.82 Å². The molecular weight excluding hydrogens is 372 g/mol. The van der Waals surface area contributed by atoms with E-state index >= 15 is 0 Å². The van der Waals surface area contributed by atoms with Gasteiger partial charge in [-0.2, -0.15) is 0 Å². The quantitative estimate of drug-likeness (QED) is 0.575. The second-order valence-corrected chi connectivity index (χ2v) is 6.95. The third kappa shape index (κ3) is 6.21. The smallest absolute Gasteiger partial charge is 0.256 e. The minimum atomic E-state index is -0.243. The molecule has 28 heavy (non-hydrogen) atoms. The lowest BCUT2D eigenvalue weighted by Gasteiger charge is -2.06. The Bertz CT molecular complexity index is 903. The van der Waals surface area contributed by atoms with Gasteiger partial charge in [-0.05, 0) is 36.2 Å². The minimum Gasteiger partial charge on any atom is -0.355 e. The Kier molecular flexibility index (Phi) is 7.14. The zero-order chi connectivity index (χ0) is 19.6. The number of aromatic nitrogens is 2. The molecule has 3 rings (SSSR count). The molecule has 0 aliphatic carbocycles. The Hall–Kier alpha value is -3.19. The Morgan fingerprint density at radius 1 is 0.857 bits per heavy atom. The van der Waals surface area contributed by atoms with Gasteiger partial charge in [0.2, 0.25) is 5.91 Å². The van der Waals surface area contributed by atoms with Crippen LogP contribution in [0.2, 0.25) is 0 Å². The molecule has 0 saturated heterocycles. The Balaban J connectivity index is 1.40. The minimum absolute atomic E-state index is 0.0517. The van der Waals surface area contributed by atoms with E-state index in [2.05, 4.69) is 20.8 Å². The van der Waals surface area contributed by atoms with Gasteiger partial charge in [0.25, 0.3) is 5.91 Å². The highest BCUT2D eigenvalue weighted by atomic mass is 32.2. The van der Waals surface area contributed by atoms with Gasteiger partial charge in [-0.25, -0.2) is 0 Å². The highest BCUT2D eigenvalue weighted by molar-refractivity contribution is 7.99. The first-order valence-corrected chi connectivity index (χ1v) is 9.83. The molecule has 1 aromatic heterocycles. The van der Waals surface area contributed by atoms with E-state index in [1.165, 1.54) is 17.3 Å². The van der Waals surface area contributed by atoms with Crippen molar-refractivity contribution in [3.05, 3.63) is 83.9 Å². The number of rotatable bonds is 8. The van der Waals surface area contributed by atoms with Crippen LogP contribution in [0, 0.1) is 0 Å². The first-order valence-electron chi connectivity index (χ1n) is 8.84. The fourth-order valence-electron chi connectivity index (χ4n) is 2.42. The first-order chi connectivity index (χ1) is 13.7. The predicted molar refractivity (Wildman–Crippen MR) is 110 cm³/mol. The number of carbonyl (C=O) groups excluding carboxylic acids is 2. The molecule has 3 aromatic rings. The molecule has 6 nitrogen and oxygen atoms in total. The van der Waals surface area contributed by atoms with Crippen molar-refractivity contribution in [1.82, 2.24) is 15.5 Å². The van der Waals surface area contributed by atoms with Crippen molar-refractivity contribution in [1.29, 1.82) is 0 Å². The van der Waals surface area contributed by atoms with Crippen LogP contribution >= 0.6 is 11.8 Å². The maximum atomic E-state index is 12.1. The molecule has 0 radical (unpaired) electrons. The van der Waals surface area contributed by atoms with Crippen molar-refractivity contribution in [2.45, 2.75) is 11.4 Å². The summed E-state index contributed by atoms with van der Waals surface area (Å²) in [5.74, 6) is 0.335. The summed E-state index contributed by atoms with van der Waals surface area (Å²) in [6.07, 6.45) is 0.798. The normalized spacial score (nSPS) is 10.3. The number of nitrogens with one attached hydrogen (secondary N) is 2. The van der Waals surface area contributed by atoms with E-state index in [9.17, 15) is 9.59 Å². The molecule has 0 unspecified atom stereocenters. The topological polar surface area (TPSA) is 84.0 Å². The number of benzene rings is 2. The maximum absolute atomic E-state index is 12.1. The lowest BCUT2D eigenvalue weighted by molar-refractivity contribution is -0.118. The molecule has 0 aliphatic heterocycles. The van der Waals surface area contributed by atoms with Crippen LogP contribution < -0.4 is 10.6 Å². The Morgan fingerprint density at radius 2 is 1.57 bits per heavy atom. The third-order valence-corrected chi connectivity index (χ3v) is 4.77. The lowest BCUT2D eigenvalue weighted by atomic mass is 10.1. The summed E-state index contributed by atoms with van der Waals surface area (Å²) in [6.45, 7) is 0.597. The van der Waals surface area contributed by atoms with E-state index in [0.29, 0.717) is 23.0 Å². The van der Waals surface area contributed by atoms with Gasteiger partial charge in [-0.1, -0.05) is 60.3 Å². The summed E-state index contributed by atoms with van der Waals surface area (Å²) in [5, 5.41) is 14.2. The molecule has 0 bridgehead atoms. The number of nitrogens with zero attached hydrogens (tertiary/aromatic N) is 2. The van der Waals surface area contributed by atoms with Crippen LogP contribution in [0.1, 0.15) is 15.9 Å². The highest BCUT2D eigenvalue weighted by Crippen LogP contribution is 2.15. The summed E-state index contributed by atoms with van der Waals surface area (Å²) < 4.78 is 0. The molecule has 1 heterocycles. The van der Waals surface area contributed by atoms with Crippen molar-refractivity contribution in [2.75, 3.05) is 17.6 Å². The molecule has 2 amide bonds. The first kappa shape index (κ1) is 19.6. The van der Waals surface area contributed by atoms with Crippen LogP contribution in [0.25, 0.3) is 0 Å². The fraction of sp³-hybridized carbons (Fsp3) is 0.143. The summed E-state index contributed by atoms with van der Waals surface area (Å²) >= 11 is 1.30. The molecule has 7 heteroatoms. The van der Waals surface area contributed by atoms with Gasteiger partial charge < -0.3 is 10.6 Å². The van der Waals surface area contributed by atoms with Crippen LogP contribution in [0.15, 0.2) is 77.8 Å². The molecule has 0 saturated carbocycles. The molecule has 142 valence electrons. The second kappa shape index (κ2) is 10.2. The van der Waals surface area contributed by atoms with Crippen molar-refractivity contribution in [3.63, 3.8) is 0 Å². The van der Waals surface area contributed by atoms with Crippen molar-refractivity contribution in [3.8, 4) is 0 Å². The number of hydrogen-bond donors (Lipinski definition) is 2. The number of amides is 2. The molecule has 0 spiro atoms. The van der Waals surface area contributed by atoms with Gasteiger partial charge in [0.05, 0.1) is 5.75 Å². The second-order valence-electron chi connectivity index (χ2n) is 5.95. The molecule has 0 fully saturated rings. The number of thioether (sulfide) groups is 1.